The Bertz CT molecular complexity index is 902. The van der Waals surface area contributed by atoms with E-state index in [2.05, 4.69) is 32.7 Å². The Balaban J connectivity index is 1.36. The van der Waals surface area contributed by atoms with Gasteiger partial charge < -0.3 is 15.5 Å². The minimum absolute atomic E-state index is 0.211. The molecule has 0 spiro atoms. The third-order valence-corrected chi connectivity index (χ3v) is 4.90. The summed E-state index contributed by atoms with van der Waals surface area (Å²) < 4.78 is 0. The Morgan fingerprint density at radius 3 is 2.18 bits per heavy atom. The van der Waals surface area contributed by atoms with Crippen LogP contribution in [0.1, 0.15) is 29.8 Å². The lowest BCUT2D eigenvalue weighted by molar-refractivity contribution is 0.102. The second-order valence-corrected chi connectivity index (χ2v) is 6.97. The number of nitrogens with one attached hydrogen (secondary N) is 2. The van der Waals surface area contributed by atoms with Crippen LogP contribution in [0, 0.1) is 0 Å². The molecule has 2 heterocycles. The van der Waals surface area contributed by atoms with Gasteiger partial charge in [-0.2, -0.15) is 0 Å². The van der Waals surface area contributed by atoms with Crippen LogP contribution in [0.5, 0.6) is 0 Å². The molecule has 0 atom stereocenters. The molecular weight excluding hydrogens is 348 g/mol. The summed E-state index contributed by atoms with van der Waals surface area (Å²) in [7, 11) is 0. The predicted molar refractivity (Wildman–Crippen MR) is 114 cm³/mol. The number of carbonyl (C=O) groups excluding carboxylic acids is 1. The molecule has 5 nitrogen and oxygen atoms in total. The van der Waals surface area contributed by atoms with Crippen molar-refractivity contribution in [3.05, 3.63) is 78.6 Å². The van der Waals surface area contributed by atoms with E-state index in [-0.39, 0.29) is 5.91 Å². The quantitative estimate of drug-likeness (QED) is 0.657. The molecule has 142 valence electrons. The molecular formula is C23H24N4O. The first-order valence-corrected chi connectivity index (χ1v) is 9.72. The molecule has 5 heteroatoms. The summed E-state index contributed by atoms with van der Waals surface area (Å²) in [6.45, 7) is 2.22. The van der Waals surface area contributed by atoms with E-state index in [1.807, 2.05) is 48.5 Å². The van der Waals surface area contributed by atoms with Gasteiger partial charge in [-0.3, -0.25) is 4.79 Å². The van der Waals surface area contributed by atoms with Crippen molar-refractivity contribution in [1.82, 2.24) is 4.98 Å². The first-order valence-electron chi connectivity index (χ1n) is 9.72. The van der Waals surface area contributed by atoms with Crippen LogP contribution < -0.4 is 15.5 Å². The lowest BCUT2D eigenvalue weighted by Crippen LogP contribution is -2.29. The summed E-state index contributed by atoms with van der Waals surface area (Å²) in [6.07, 6.45) is 5.48. The predicted octanol–water partition coefficient (Wildman–Crippen LogP) is 5.07. The van der Waals surface area contributed by atoms with Crippen molar-refractivity contribution in [2.45, 2.75) is 19.3 Å². The van der Waals surface area contributed by atoms with Crippen molar-refractivity contribution < 1.29 is 4.79 Å². The zero-order valence-corrected chi connectivity index (χ0v) is 15.8. The van der Waals surface area contributed by atoms with Crippen LogP contribution in [0.3, 0.4) is 0 Å². The normalized spacial score (nSPS) is 13.8. The molecule has 1 amide bonds. The average Bonchev–Trinajstić information content (AvgIpc) is 2.76. The highest BCUT2D eigenvalue weighted by molar-refractivity contribution is 6.03. The van der Waals surface area contributed by atoms with Crippen molar-refractivity contribution in [2.75, 3.05) is 28.6 Å². The lowest BCUT2D eigenvalue weighted by Gasteiger charge is -2.28. The molecule has 1 aromatic heterocycles. The Kier molecular flexibility index (Phi) is 5.52. The fourth-order valence-electron chi connectivity index (χ4n) is 3.39. The van der Waals surface area contributed by atoms with Crippen molar-refractivity contribution in [2.24, 2.45) is 0 Å². The fourth-order valence-corrected chi connectivity index (χ4v) is 3.39. The van der Waals surface area contributed by atoms with Gasteiger partial charge in [0.2, 0.25) is 0 Å². The number of pyridine rings is 1. The molecule has 1 saturated heterocycles. The van der Waals surface area contributed by atoms with Gasteiger partial charge in [-0.15, -0.1) is 0 Å². The Morgan fingerprint density at radius 2 is 1.50 bits per heavy atom. The molecule has 1 aliphatic heterocycles. The third kappa shape index (κ3) is 4.49. The van der Waals surface area contributed by atoms with Gasteiger partial charge in [-0.05, 0) is 67.8 Å². The molecule has 0 aliphatic carbocycles. The van der Waals surface area contributed by atoms with Gasteiger partial charge >= 0.3 is 0 Å². The van der Waals surface area contributed by atoms with Gasteiger partial charge in [-0.25, -0.2) is 4.98 Å². The number of benzene rings is 2. The molecule has 3 aromatic rings. The van der Waals surface area contributed by atoms with E-state index >= 15 is 0 Å². The Labute approximate surface area is 165 Å². The SMILES string of the molecule is O=C(Nc1ccc(N2CCCCC2)cc1)c1ccc(Nc2ccccc2)cn1. The topological polar surface area (TPSA) is 57.3 Å². The minimum atomic E-state index is -0.211. The van der Waals surface area contributed by atoms with E-state index in [1.165, 1.54) is 24.9 Å². The molecule has 2 N–H and O–H groups in total. The van der Waals surface area contributed by atoms with Crippen LogP contribution in [-0.4, -0.2) is 24.0 Å². The van der Waals surface area contributed by atoms with Crippen LogP contribution in [0.15, 0.2) is 72.9 Å². The second kappa shape index (κ2) is 8.57. The standard InChI is InChI=1S/C23H24N4O/c28-23(22-14-11-20(17-24-22)25-18-7-3-1-4-8-18)26-19-9-12-21(13-10-19)27-15-5-2-6-16-27/h1,3-4,7-14,17,25H,2,5-6,15-16H2,(H,26,28). The van der Waals surface area contributed by atoms with Gasteiger partial charge in [0.25, 0.3) is 5.91 Å². The zero-order valence-electron chi connectivity index (χ0n) is 15.8. The fraction of sp³-hybridized carbons (Fsp3) is 0.217. The second-order valence-electron chi connectivity index (χ2n) is 6.97. The highest BCUT2D eigenvalue weighted by Crippen LogP contribution is 2.22. The number of hydrogen-bond donors (Lipinski definition) is 2. The molecule has 0 saturated carbocycles. The molecule has 0 radical (unpaired) electrons. The van der Waals surface area contributed by atoms with Crippen molar-refractivity contribution in [3.8, 4) is 0 Å². The monoisotopic (exact) mass is 372 g/mol. The number of piperidine rings is 1. The number of amides is 1. The van der Waals surface area contributed by atoms with Gasteiger partial charge in [0, 0.05) is 30.2 Å². The van der Waals surface area contributed by atoms with E-state index in [1.54, 1.807) is 12.3 Å². The highest BCUT2D eigenvalue weighted by Gasteiger charge is 2.12. The Morgan fingerprint density at radius 1 is 0.786 bits per heavy atom. The van der Waals surface area contributed by atoms with E-state index in [0.29, 0.717) is 5.69 Å². The molecule has 0 bridgehead atoms. The number of hydrogen-bond acceptors (Lipinski definition) is 4. The van der Waals surface area contributed by atoms with Crippen LogP contribution in [0.25, 0.3) is 0 Å². The number of rotatable bonds is 5. The Hall–Kier alpha value is -3.34. The van der Waals surface area contributed by atoms with Crippen molar-refractivity contribution >= 4 is 28.7 Å². The number of nitrogens with zero attached hydrogens (tertiary/aromatic N) is 2. The number of carbonyl (C=O) groups is 1. The summed E-state index contributed by atoms with van der Waals surface area (Å²) in [4.78, 5) is 19.1. The average molecular weight is 372 g/mol. The van der Waals surface area contributed by atoms with Gasteiger partial charge in [0.15, 0.2) is 0 Å². The van der Waals surface area contributed by atoms with Crippen LogP contribution in [-0.2, 0) is 0 Å². The highest BCUT2D eigenvalue weighted by atomic mass is 16.1. The lowest BCUT2D eigenvalue weighted by atomic mass is 10.1. The van der Waals surface area contributed by atoms with Gasteiger partial charge in [-0.1, -0.05) is 18.2 Å². The number of anilines is 4. The van der Waals surface area contributed by atoms with Gasteiger partial charge in [0.05, 0.1) is 11.9 Å². The zero-order chi connectivity index (χ0) is 19.2. The maximum absolute atomic E-state index is 12.5. The summed E-state index contributed by atoms with van der Waals surface area (Å²) in [5.41, 5.74) is 4.20. The van der Waals surface area contributed by atoms with E-state index in [0.717, 1.165) is 30.2 Å². The van der Waals surface area contributed by atoms with E-state index < -0.39 is 0 Å². The number of aromatic nitrogens is 1. The van der Waals surface area contributed by atoms with Crippen molar-refractivity contribution in [3.63, 3.8) is 0 Å². The molecule has 2 aromatic carbocycles. The summed E-state index contributed by atoms with van der Waals surface area (Å²) in [5.74, 6) is -0.211. The largest absolute Gasteiger partial charge is 0.372 e. The minimum Gasteiger partial charge on any atom is -0.372 e. The summed E-state index contributed by atoms with van der Waals surface area (Å²) >= 11 is 0. The molecule has 0 unspecified atom stereocenters. The van der Waals surface area contributed by atoms with Crippen LogP contribution in [0.2, 0.25) is 0 Å². The summed E-state index contributed by atoms with van der Waals surface area (Å²) in [5, 5.41) is 6.18. The van der Waals surface area contributed by atoms with E-state index in [9.17, 15) is 4.79 Å². The first-order chi connectivity index (χ1) is 13.8. The third-order valence-electron chi connectivity index (χ3n) is 4.90. The van der Waals surface area contributed by atoms with Crippen molar-refractivity contribution in [1.29, 1.82) is 0 Å². The van der Waals surface area contributed by atoms with E-state index in [4.69, 9.17) is 0 Å². The molecule has 4 rings (SSSR count). The number of para-hydroxylation sites is 1. The maximum atomic E-state index is 12.5. The summed E-state index contributed by atoms with van der Waals surface area (Å²) in [6, 6.07) is 21.5. The van der Waals surface area contributed by atoms with Crippen LogP contribution >= 0.6 is 0 Å². The maximum Gasteiger partial charge on any atom is 0.274 e. The molecule has 1 aliphatic rings. The van der Waals surface area contributed by atoms with Crippen LogP contribution in [0.4, 0.5) is 22.7 Å². The molecule has 28 heavy (non-hydrogen) atoms. The first kappa shape index (κ1) is 18.0. The molecule has 1 fully saturated rings. The smallest absolute Gasteiger partial charge is 0.274 e. The van der Waals surface area contributed by atoms with Gasteiger partial charge in [0.1, 0.15) is 5.69 Å².